The van der Waals surface area contributed by atoms with Crippen molar-refractivity contribution >= 4 is 11.6 Å². The summed E-state index contributed by atoms with van der Waals surface area (Å²) in [6, 6.07) is 6.07. The van der Waals surface area contributed by atoms with Gasteiger partial charge in [-0.2, -0.15) is 0 Å². The van der Waals surface area contributed by atoms with Gasteiger partial charge >= 0.3 is 5.54 Å². The van der Waals surface area contributed by atoms with Crippen molar-refractivity contribution in [1.82, 2.24) is 0 Å². The minimum Gasteiger partial charge on any atom is -0.502 e. The number of hydrogen-bond donors (Lipinski definition) is 0. The molecule has 0 bridgehead atoms. The Bertz CT molecular complexity index is 612. The molecule has 110 valence electrons. The Hall–Kier alpha value is -2.50. The lowest BCUT2D eigenvalue weighted by Crippen LogP contribution is -2.49. The van der Waals surface area contributed by atoms with Gasteiger partial charge in [0, 0.05) is 16.1 Å². The summed E-state index contributed by atoms with van der Waals surface area (Å²) in [6.07, 6.45) is 1.07. The van der Waals surface area contributed by atoms with Crippen molar-refractivity contribution in [2.45, 2.75) is 25.8 Å². The van der Waals surface area contributed by atoms with Gasteiger partial charge in [0.1, 0.15) is 0 Å². The minimum atomic E-state index is -2.26. The van der Waals surface area contributed by atoms with Gasteiger partial charge in [-0.05, 0) is 19.4 Å². The average molecular weight is 289 g/mol. The molecule has 0 saturated heterocycles. The molecule has 0 amide bonds. The highest BCUT2D eigenvalue weighted by Crippen LogP contribution is 2.36. The molecule has 1 aromatic carbocycles. The summed E-state index contributed by atoms with van der Waals surface area (Å²) in [4.78, 5) is 35.6. The molecule has 21 heavy (non-hydrogen) atoms. The van der Waals surface area contributed by atoms with Crippen LogP contribution >= 0.6 is 0 Å². The predicted molar refractivity (Wildman–Crippen MR) is 74.8 cm³/mol. The Morgan fingerprint density at radius 3 is 2.24 bits per heavy atom. The fourth-order valence-electron chi connectivity index (χ4n) is 2.49. The van der Waals surface area contributed by atoms with Crippen molar-refractivity contribution in [3.63, 3.8) is 0 Å². The van der Waals surface area contributed by atoms with Crippen molar-refractivity contribution in [3.8, 4) is 0 Å². The summed E-state index contributed by atoms with van der Waals surface area (Å²) >= 11 is 0. The molecule has 1 aromatic rings. The van der Waals surface area contributed by atoms with E-state index in [1.807, 2.05) is 0 Å². The number of Topliss-reactive ketones (excluding diaryl/α,β-unsaturated/α-hetero) is 2. The first-order valence-electron chi connectivity index (χ1n) is 6.55. The first-order chi connectivity index (χ1) is 9.95. The maximum absolute atomic E-state index is 12.4. The summed E-state index contributed by atoms with van der Waals surface area (Å²) in [6.45, 7) is 3.78. The van der Waals surface area contributed by atoms with Gasteiger partial charge in [0.05, 0.1) is 19.3 Å². The van der Waals surface area contributed by atoms with E-state index in [1.165, 1.54) is 18.4 Å². The first kappa shape index (κ1) is 14.9. The van der Waals surface area contributed by atoms with Crippen molar-refractivity contribution in [2.75, 3.05) is 6.61 Å². The molecule has 6 heteroatoms. The molecular formula is C15H15NO5. The number of ketones is 2. The van der Waals surface area contributed by atoms with Crippen LogP contribution in [0.15, 0.2) is 36.1 Å². The van der Waals surface area contributed by atoms with E-state index in [2.05, 4.69) is 0 Å². The van der Waals surface area contributed by atoms with E-state index in [0.29, 0.717) is 12.2 Å². The van der Waals surface area contributed by atoms with E-state index >= 15 is 0 Å². The molecule has 0 saturated carbocycles. The van der Waals surface area contributed by atoms with Crippen LogP contribution in [0.25, 0.3) is 0 Å². The van der Waals surface area contributed by atoms with E-state index in [0.717, 1.165) is 0 Å². The number of ether oxygens (including phenoxy) is 1. The largest absolute Gasteiger partial charge is 0.502 e. The van der Waals surface area contributed by atoms with Crippen LogP contribution in [0.5, 0.6) is 0 Å². The Morgan fingerprint density at radius 1 is 1.29 bits per heavy atom. The average Bonchev–Trinajstić information content (AvgIpc) is 2.68. The Morgan fingerprint density at radius 2 is 1.81 bits per heavy atom. The van der Waals surface area contributed by atoms with Crippen LogP contribution in [0.4, 0.5) is 0 Å². The fourth-order valence-corrected chi connectivity index (χ4v) is 2.49. The molecule has 6 nitrogen and oxygen atoms in total. The first-order valence-corrected chi connectivity index (χ1v) is 6.55. The van der Waals surface area contributed by atoms with Gasteiger partial charge in [-0.25, -0.2) is 0 Å². The van der Waals surface area contributed by atoms with E-state index in [9.17, 15) is 19.7 Å². The standard InChI is InChI=1S/C15H15NO5/c1-3-21-9-10(2)8-15(16(19)20)13(17)11-6-4-5-7-12(11)14(15)18/h4-7,9H,3,8H2,1-2H3/b10-9-. The van der Waals surface area contributed by atoms with E-state index in [1.54, 1.807) is 26.0 Å². The zero-order valence-electron chi connectivity index (χ0n) is 11.8. The number of rotatable bonds is 5. The van der Waals surface area contributed by atoms with Crippen LogP contribution in [-0.2, 0) is 4.74 Å². The molecule has 0 heterocycles. The third kappa shape index (κ3) is 2.22. The van der Waals surface area contributed by atoms with E-state index in [-0.39, 0.29) is 17.5 Å². The molecule has 0 N–H and O–H groups in total. The van der Waals surface area contributed by atoms with Crippen LogP contribution in [-0.4, -0.2) is 28.6 Å². The van der Waals surface area contributed by atoms with Gasteiger partial charge < -0.3 is 4.74 Å². The molecule has 0 unspecified atom stereocenters. The molecule has 0 aliphatic heterocycles. The molecule has 0 atom stereocenters. The molecule has 1 aliphatic rings. The van der Waals surface area contributed by atoms with Gasteiger partial charge in [0.25, 0.3) is 0 Å². The number of nitro groups is 1. The van der Waals surface area contributed by atoms with Crippen LogP contribution in [0, 0.1) is 10.1 Å². The van der Waals surface area contributed by atoms with Gasteiger partial charge in [0.2, 0.25) is 11.6 Å². The topological polar surface area (TPSA) is 86.5 Å². The molecular weight excluding hydrogens is 274 g/mol. The second kappa shape index (κ2) is 5.47. The van der Waals surface area contributed by atoms with E-state index < -0.39 is 22.0 Å². The quantitative estimate of drug-likeness (QED) is 0.359. The van der Waals surface area contributed by atoms with Gasteiger partial charge in [-0.1, -0.05) is 24.3 Å². The van der Waals surface area contributed by atoms with Crippen molar-refractivity contribution in [3.05, 3.63) is 57.3 Å². The summed E-state index contributed by atoms with van der Waals surface area (Å²) in [5.74, 6) is -1.50. The second-order valence-electron chi connectivity index (χ2n) is 4.92. The third-order valence-electron chi connectivity index (χ3n) is 3.47. The monoisotopic (exact) mass is 289 g/mol. The van der Waals surface area contributed by atoms with Crippen molar-refractivity contribution in [2.24, 2.45) is 0 Å². The normalized spacial score (nSPS) is 16.8. The maximum atomic E-state index is 12.4. The third-order valence-corrected chi connectivity index (χ3v) is 3.47. The number of nitrogens with zero attached hydrogens (tertiary/aromatic N) is 1. The maximum Gasteiger partial charge on any atom is 0.348 e. The highest BCUT2D eigenvalue weighted by molar-refractivity contribution is 6.32. The molecule has 0 fully saturated rings. The zero-order chi connectivity index (χ0) is 15.6. The van der Waals surface area contributed by atoms with E-state index in [4.69, 9.17) is 4.74 Å². The van der Waals surface area contributed by atoms with Crippen LogP contribution in [0.1, 0.15) is 41.0 Å². The van der Waals surface area contributed by atoms with Crippen LogP contribution in [0.2, 0.25) is 0 Å². The lowest BCUT2D eigenvalue weighted by atomic mass is 9.87. The number of benzene rings is 1. The second-order valence-corrected chi connectivity index (χ2v) is 4.92. The predicted octanol–water partition coefficient (Wildman–Crippen LogP) is 2.41. The number of carbonyl (C=O) groups is 2. The number of fused-ring (bicyclic) bond motifs is 1. The Balaban J connectivity index is 2.49. The van der Waals surface area contributed by atoms with Crippen LogP contribution in [0.3, 0.4) is 0 Å². The summed E-state index contributed by atoms with van der Waals surface area (Å²) in [5, 5.41) is 11.5. The van der Waals surface area contributed by atoms with Gasteiger partial charge in [-0.15, -0.1) is 0 Å². The summed E-state index contributed by atoms with van der Waals surface area (Å²) in [5.41, 5.74) is -1.56. The molecule has 1 aliphatic carbocycles. The number of hydrogen-bond acceptors (Lipinski definition) is 5. The number of carbonyl (C=O) groups excluding carboxylic acids is 2. The lowest BCUT2D eigenvalue weighted by Gasteiger charge is -2.17. The Kier molecular flexibility index (Phi) is 3.88. The molecule has 0 aromatic heterocycles. The minimum absolute atomic E-state index is 0.114. The molecule has 0 spiro atoms. The Labute approximate surface area is 121 Å². The van der Waals surface area contributed by atoms with Gasteiger partial charge in [0.15, 0.2) is 0 Å². The summed E-state index contributed by atoms with van der Waals surface area (Å²) in [7, 11) is 0. The SMILES string of the molecule is CCO/C=C(/C)CC1([N+](=O)[O-])C(=O)c2ccccc2C1=O. The van der Waals surface area contributed by atoms with Crippen LogP contribution < -0.4 is 0 Å². The smallest absolute Gasteiger partial charge is 0.348 e. The van der Waals surface area contributed by atoms with Crippen molar-refractivity contribution < 1.29 is 19.2 Å². The lowest BCUT2D eigenvalue weighted by molar-refractivity contribution is -0.529. The fraction of sp³-hybridized carbons (Fsp3) is 0.333. The zero-order valence-corrected chi connectivity index (χ0v) is 11.8. The van der Waals surface area contributed by atoms with Gasteiger partial charge in [-0.3, -0.25) is 19.7 Å². The molecule has 2 rings (SSSR count). The summed E-state index contributed by atoms with van der Waals surface area (Å²) < 4.78 is 5.07. The highest BCUT2D eigenvalue weighted by atomic mass is 16.6. The highest BCUT2D eigenvalue weighted by Gasteiger charge is 2.63. The molecule has 0 radical (unpaired) electrons. The van der Waals surface area contributed by atoms with Crippen molar-refractivity contribution in [1.29, 1.82) is 0 Å².